The van der Waals surface area contributed by atoms with Crippen molar-refractivity contribution >= 4 is 17.5 Å². The fourth-order valence-electron chi connectivity index (χ4n) is 4.11. The molecular formula is C24H30FN3O3. The summed E-state index contributed by atoms with van der Waals surface area (Å²) in [6, 6.07) is 12.7. The van der Waals surface area contributed by atoms with Crippen molar-refractivity contribution in [3.63, 3.8) is 0 Å². The van der Waals surface area contributed by atoms with Gasteiger partial charge in [-0.25, -0.2) is 9.18 Å². The Labute approximate surface area is 182 Å². The van der Waals surface area contributed by atoms with E-state index in [1.165, 1.54) is 24.0 Å². The van der Waals surface area contributed by atoms with E-state index in [0.717, 1.165) is 37.9 Å². The lowest BCUT2D eigenvalue weighted by Gasteiger charge is -2.34. The summed E-state index contributed by atoms with van der Waals surface area (Å²) in [5, 5.41) is 10.6. The maximum absolute atomic E-state index is 13.1. The highest BCUT2D eigenvalue weighted by molar-refractivity contribution is 5.97. The molecule has 3 N–H and O–H groups in total. The molecule has 6 nitrogen and oxygen atoms in total. The monoisotopic (exact) mass is 427 g/mol. The van der Waals surface area contributed by atoms with Crippen molar-refractivity contribution in [2.75, 3.05) is 31.1 Å². The van der Waals surface area contributed by atoms with E-state index in [9.17, 15) is 19.1 Å². The summed E-state index contributed by atoms with van der Waals surface area (Å²) in [5.41, 5.74) is 7.66. The summed E-state index contributed by atoms with van der Waals surface area (Å²) in [6.45, 7) is 3.69. The van der Waals surface area contributed by atoms with Crippen LogP contribution in [0.3, 0.4) is 0 Å². The molecule has 0 spiro atoms. The van der Waals surface area contributed by atoms with Crippen molar-refractivity contribution < 1.29 is 19.1 Å². The SMILES string of the molecule is CC(=O)c1cccc(N(C[C@@H](O)CN2CCC(Cc3ccc(F)cc3)CC2)C(N)=O)c1. The molecule has 3 rings (SSSR count). The second-order valence-electron chi connectivity index (χ2n) is 8.28. The van der Waals surface area contributed by atoms with Crippen LogP contribution in [-0.2, 0) is 6.42 Å². The highest BCUT2D eigenvalue weighted by atomic mass is 19.1. The molecule has 166 valence electrons. The minimum absolute atomic E-state index is 0.0617. The topological polar surface area (TPSA) is 86.9 Å². The van der Waals surface area contributed by atoms with E-state index in [0.29, 0.717) is 23.7 Å². The number of aliphatic hydroxyl groups excluding tert-OH is 1. The number of Topliss-reactive ketones (excluding diaryl/α,β-unsaturated/α-hetero) is 1. The molecule has 1 atom stereocenters. The molecule has 7 heteroatoms. The summed E-state index contributed by atoms with van der Waals surface area (Å²) < 4.78 is 13.1. The van der Waals surface area contributed by atoms with Gasteiger partial charge in [0.15, 0.2) is 5.78 Å². The molecule has 2 amide bonds. The highest BCUT2D eigenvalue weighted by Crippen LogP contribution is 2.23. The molecule has 0 aliphatic carbocycles. The van der Waals surface area contributed by atoms with E-state index in [1.54, 1.807) is 24.3 Å². The number of halogens is 1. The van der Waals surface area contributed by atoms with E-state index < -0.39 is 12.1 Å². The molecule has 0 bridgehead atoms. The van der Waals surface area contributed by atoms with Gasteiger partial charge in [0.1, 0.15) is 5.82 Å². The molecule has 1 aliphatic rings. The number of β-amino-alcohol motifs (C(OH)–C–C–N with tert-alkyl or cyclic N) is 1. The largest absolute Gasteiger partial charge is 0.390 e. The standard InChI is InChI=1S/C24H30FN3O3/c1-17(29)20-3-2-4-22(14-20)28(24(26)31)16-23(30)15-27-11-9-19(10-12-27)13-18-5-7-21(25)8-6-18/h2-8,14,19,23,30H,9-13,15-16H2,1H3,(H2,26,31)/t23-/m0/s1. The molecule has 0 saturated carbocycles. The van der Waals surface area contributed by atoms with Crippen molar-refractivity contribution in [3.05, 3.63) is 65.5 Å². The van der Waals surface area contributed by atoms with Gasteiger partial charge in [-0.15, -0.1) is 0 Å². The van der Waals surface area contributed by atoms with Crippen LogP contribution in [0.25, 0.3) is 0 Å². The van der Waals surface area contributed by atoms with Gasteiger partial charge in [-0.1, -0.05) is 24.3 Å². The van der Waals surface area contributed by atoms with Gasteiger partial charge in [-0.05, 0) is 75.0 Å². The third-order valence-electron chi connectivity index (χ3n) is 5.84. The van der Waals surface area contributed by atoms with Crippen molar-refractivity contribution in [3.8, 4) is 0 Å². The van der Waals surface area contributed by atoms with E-state index in [2.05, 4.69) is 4.90 Å². The number of hydrogen-bond donors (Lipinski definition) is 2. The van der Waals surface area contributed by atoms with Gasteiger partial charge in [0.05, 0.1) is 12.6 Å². The Morgan fingerprint density at radius 2 is 1.87 bits per heavy atom. The second-order valence-corrected chi connectivity index (χ2v) is 8.28. The number of urea groups is 1. The molecular weight excluding hydrogens is 397 g/mol. The molecule has 31 heavy (non-hydrogen) atoms. The van der Waals surface area contributed by atoms with Crippen LogP contribution >= 0.6 is 0 Å². The van der Waals surface area contributed by atoms with Crippen LogP contribution in [-0.4, -0.2) is 54.1 Å². The smallest absolute Gasteiger partial charge is 0.319 e. The number of rotatable bonds is 8. The number of nitrogens with two attached hydrogens (primary N) is 1. The highest BCUT2D eigenvalue weighted by Gasteiger charge is 2.24. The van der Waals surface area contributed by atoms with E-state index in [1.807, 2.05) is 12.1 Å². The fourth-order valence-corrected chi connectivity index (χ4v) is 4.11. The molecule has 2 aromatic carbocycles. The van der Waals surface area contributed by atoms with Crippen molar-refractivity contribution in [2.24, 2.45) is 11.7 Å². The van der Waals surface area contributed by atoms with Crippen LogP contribution in [0.1, 0.15) is 35.7 Å². The third-order valence-corrected chi connectivity index (χ3v) is 5.84. The number of anilines is 1. The lowest BCUT2D eigenvalue weighted by atomic mass is 9.90. The second kappa shape index (κ2) is 10.5. The number of piperidine rings is 1. The maximum Gasteiger partial charge on any atom is 0.319 e. The lowest BCUT2D eigenvalue weighted by molar-refractivity contribution is 0.0934. The molecule has 1 heterocycles. The predicted octanol–water partition coefficient (Wildman–Crippen LogP) is 3.23. The summed E-state index contributed by atoms with van der Waals surface area (Å²) >= 11 is 0. The number of ketones is 1. The molecule has 0 unspecified atom stereocenters. The zero-order chi connectivity index (χ0) is 22.4. The molecule has 0 radical (unpaired) electrons. The van der Waals surface area contributed by atoms with Crippen LogP contribution < -0.4 is 10.6 Å². The first-order valence-corrected chi connectivity index (χ1v) is 10.6. The summed E-state index contributed by atoms with van der Waals surface area (Å²) in [6.07, 6.45) is 2.18. The van der Waals surface area contributed by atoms with Gasteiger partial charge in [0, 0.05) is 17.8 Å². The average molecular weight is 428 g/mol. The Morgan fingerprint density at radius 1 is 1.19 bits per heavy atom. The normalized spacial score (nSPS) is 16.1. The zero-order valence-electron chi connectivity index (χ0n) is 17.8. The first kappa shape index (κ1) is 22.9. The first-order valence-electron chi connectivity index (χ1n) is 10.6. The molecule has 0 aromatic heterocycles. The van der Waals surface area contributed by atoms with Crippen molar-refractivity contribution in [1.82, 2.24) is 4.90 Å². The van der Waals surface area contributed by atoms with Crippen molar-refractivity contribution in [1.29, 1.82) is 0 Å². The Morgan fingerprint density at radius 3 is 2.48 bits per heavy atom. The number of carbonyl (C=O) groups is 2. The number of nitrogens with zero attached hydrogens (tertiary/aromatic N) is 2. The Balaban J connectivity index is 1.51. The Bertz CT molecular complexity index is 895. The number of amides is 2. The Hall–Kier alpha value is -2.77. The quantitative estimate of drug-likeness (QED) is 0.634. The van der Waals surface area contributed by atoms with Gasteiger partial charge in [0.2, 0.25) is 0 Å². The zero-order valence-corrected chi connectivity index (χ0v) is 17.8. The summed E-state index contributed by atoms with van der Waals surface area (Å²) in [5.74, 6) is 0.219. The van der Waals surface area contributed by atoms with Gasteiger partial charge >= 0.3 is 6.03 Å². The third kappa shape index (κ3) is 6.60. The van der Waals surface area contributed by atoms with Crippen LogP contribution in [0.4, 0.5) is 14.9 Å². The van der Waals surface area contributed by atoms with Crippen molar-refractivity contribution in [2.45, 2.75) is 32.3 Å². The first-order chi connectivity index (χ1) is 14.8. The minimum atomic E-state index is -0.762. The fraction of sp³-hybridized carbons (Fsp3) is 0.417. The number of primary amides is 1. The molecule has 2 aromatic rings. The molecule has 1 fully saturated rings. The number of carbonyl (C=O) groups excluding carboxylic acids is 2. The number of likely N-dealkylation sites (tertiary alicyclic amines) is 1. The van der Waals surface area contributed by atoms with Crippen LogP contribution in [0.2, 0.25) is 0 Å². The van der Waals surface area contributed by atoms with Gasteiger partial charge in [-0.3, -0.25) is 9.69 Å². The van der Waals surface area contributed by atoms with Crippen LogP contribution in [0.5, 0.6) is 0 Å². The Kier molecular flexibility index (Phi) is 7.76. The maximum atomic E-state index is 13.1. The number of benzene rings is 2. The predicted molar refractivity (Wildman–Crippen MR) is 119 cm³/mol. The van der Waals surface area contributed by atoms with E-state index in [4.69, 9.17) is 5.73 Å². The average Bonchev–Trinajstić information content (AvgIpc) is 2.75. The number of aliphatic hydroxyl groups is 1. The number of hydrogen-bond acceptors (Lipinski definition) is 4. The van der Waals surface area contributed by atoms with Gasteiger partial charge < -0.3 is 15.7 Å². The molecule has 1 saturated heterocycles. The summed E-state index contributed by atoms with van der Waals surface area (Å²) in [7, 11) is 0. The van der Waals surface area contributed by atoms with Gasteiger partial charge in [0.25, 0.3) is 0 Å². The van der Waals surface area contributed by atoms with Crippen LogP contribution in [0, 0.1) is 11.7 Å². The van der Waals surface area contributed by atoms with Gasteiger partial charge in [-0.2, -0.15) is 0 Å². The lowest BCUT2D eigenvalue weighted by Crippen LogP contribution is -2.46. The minimum Gasteiger partial charge on any atom is -0.390 e. The molecule has 1 aliphatic heterocycles. The summed E-state index contributed by atoms with van der Waals surface area (Å²) in [4.78, 5) is 27.1. The van der Waals surface area contributed by atoms with E-state index >= 15 is 0 Å². The van der Waals surface area contributed by atoms with E-state index in [-0.39, 0.29) is 18.1 Å². The van der Waals surface area contributed by atoms with Crippen LogP contribution in [0.15, 0.2) is 48.5 Å².